The second-order valence-electron chi connectivity index (χ2n) is 5.57. The van der Waals surface area contributed by atoms with Gasteiger partial charge < -0.3 is 9.84 Å². The molecular weight excluding hydrogens is 326 g/mol. The van der Waals surface area contributed by atoms with Gasteiger partial charge in [-0.1, -0.05) is 17.3 Å². The Bertz CT molecular complexity index is 860. The van der Waals surface area contributed by atoms with E-state index in [2.05, 4.69) is 10.5 Å². The molecule has 0 aliphatic carbocycles. The lowest BCUT2D eigenvalue weighted by atomic mass is 10.1. The van der Waals surface area contributed by atoms with Gasteiger partial charge >= 0.3 is 0 Å². The lowest BCUT2D eigenvalue weighted by Crippen LogP contribution is -2.25. The Hall–Kier alpha value is -3.02. The minimum atomic E-state index is -0.351. The zero-order valence-corrected chi connectivity index (χ0v) is 13.3. The van der Waals surface area contributed by atoms with Gasteiger partial charge in [0.05, 0.1) is 0 Å². The molecule has 3 rings (SSSR count). The van der Waals surface area contributed by atoms with Crippen molar-refractivity contribution in [2.24, 2.45) is 0 Å². The summed E-state index contributed by atoms with van der Waals surface area (Å²) >= 11 is 0. The van der Waals surface area contributed by atoms with Crippen molar-refractivity contribution >= 4 is 5.91 Å². The number of carbonyl (C=O) groups excluding carboxylic acids is 1. The van der Waals surface area contributed by atoms with Crippen LogP contribution in [-0.2, 0) is 6.42 Å². The van der Waals surface area contributed by atoms with E-state index in [1.165, 1.54) is 30.3 Å². The van der Waals surface area contributed by atoms with Crippen molar-refractivity contribution in [2.45, 2.75) is 12.8 Å². The second kappa shape index (κ2) is 7.70. The molecular formula is C19H16F2N2O2. The van der Waals surface area contributed by atoms with E-state index in [0.717, 1.165) is 5.56 Å². The normalized spacial score (nSPS) is 10.6. The fourth-order valence-electron chi connectivity index (χ4n) is 2.41. The Morgan fingerprint density at radius 1 is 1.04 bits per heavy atom. The van der Waals surface area contributed by atoms with Crippen LogP contribution in [0.3, 0.4) is 0 Å². The van der Waals surface area contributed by atoms with Crippen LogP contribution in [0.2, 0.25) is 0 Å². The van der Waals surface area contributed by atoms with Crippen molar-refractivity contribution in [1.29, 1.82) is 0 Å². The highest BCUT2D eigenvalue weighted by Gasteiger charge is 2.13. The number of nitrogens with zero attached hydrogens (tertiary/aromatic N) is 1. The van der Waals surface area contributed by atoms with Gasteiger partial charge in [0.1, 0.15) is 11.6 Å². The quantitative estimate of drug-likeness (QED) is 0.689. The SMILES string of the molecule is O=C(NCCCc1cccc(F)c1)c1cc(-c2ccc(F)cc2)on1. The molecule has 25 heavy (non-hydrogen) atoms. The van der Waals surface area contributed by atoms with Gasteiger partial charge in [-0.15, -0.1) is 0 Å². The van der Waals surface area contributed by atoms with Gasteiger partial charge in [-0.05, 0) is 54.8 Å². The summed E-state index contributed by atoms with van der Waals surface area (Å²) in [6.45, 7) is 0.439. The maximum absolute atomic E-state index is 13.1. The first-order chi connectivity index (χ1) is 12.1. The zero-order chi connectivity index (χ0) is 17.6. The molecule has 4 nitrogen and oxygen atoms in total. The first-order valence-corrected chi connectivity index (χ1v) is 7.87. The number of nitrogens with one attached hydrogen (secondary N) is 1. The first kappa shape index (κ1) is 16.8. The van der Waals surface area contributed by atoms with Crippen LogP contribution in [0.5, 0.6) is 0 Å². The third-order valence-corrected chi connectivity index (χ3v) is 3.69. The third-order valence-electron chi connectivity index (χ3n) is 3.69. The fraction of sp³-hybridized carbons (Fsp3) is 0.158. The van der Waals surface area contributed by atoms with Crippen LogP contribution in [0.15, 0.2) is 59.1 Å². The average molecular weight is 342 g/mol. The van der Waals surface area contributed by atoms with Crippen molar-refractivity contribution < 1.29 is 18.1 Å². The van der Waals surface area contributed by atoms with E-state index in [1.54, 1.807) is 18.2 Å². The Kier molecular flexibility index (Phi) is 5.18. The van der Waals surface area contributed by atoms with Gasteiger partial charge in [0, 0.05) is 18.2 Å². The maximum atomic E-state index is 13.1. The summed E-state index contributed by atoms with van der Waals surface area (Å²) in [7, 11) is 0. The zero-order valence-electron chi connectivity index (χ0n) is 13.3. The largest absolute Gasteiger partial charge is 0.355 e. The van der Waals surface area contributed by atoms with Gasteiger partial charge in [0.15, 0.2) is 11.5 Å². The highest BCUT2D eigenvalue weighted by atomic mass is 19.1. The molecule has 0 atom stereocenters. The third kappa shape index (κ3) is 4.50. The van der Waals surface area contributed by atoms with E-state index in [1.807, 2.05) is 6.07 Å². The van der Waals surface area contributed by atoms with Crippen molar-refractivity contribution in [3.63, 3.8) is 0 Å². The Balaban J connectivity index is 1.51. The van der Waals surface area contributed by atoms with Crippen LogP contribution in [0.4, 0.5) is 8.78 Å². The molecule has 0 spiro atoms. The Labute approximate surface area is 143 Å². The summed E-state index contributed by atoms with van der Waals surface area (Å²) in [6, 6.07) is 13.6. The van der Waals surface area contributed by atoms with Gasteiger partial charge in [-0.2, -0.15) is 0 Å². The number of hydrogen-bond donors (Lipinski definition) is 1. The van der Waals surface area contributed by atoms with Gasteiger partial charge in [0.25, 0.3) is 5.91 Å². The predicted molar refractivity (Wildman–Crippen MR) is 89.0 cm³/mol. The number of rotatable bonds is 6. The Morgan fingerprint density at radius 3 is 2.60 bits per heavy atom. The fourth-order valence-corrected chi connectivity index (χ4v) is 2.41. The van der Waals surface area contributed by atoms with Crippen LogP contribution in [0.1, 0.15) is 22.5 Å². The van der Waals surface area contributed by atoms with Crippen molar-refractivity contribution in [1.82, 2.24) is 10.5 Å². The van der Waals surface area contributed by atoms with Crippen LogP contribution in [0, 0.1) is 11.6 Å². The topological polar surface area (TPSA) is 55.1 Å². The molecule has 2 aromatic carbocycles. The molecule has 0 saturated heterocycles. The summed E-state index contributed by atoms with van der Waals surface area (Å²) < 4.78 is 31.1. The van der Waals surface area contributed by atoms with E-state index < -0.39 is 0 Å². The molecule has 0 radical (unpaired) electrons. The standard InChI is InChI=1S/C19H16F2N2O2/c20-15-8-6-14(7-9-15)18-12-17(23-25-18)19(24)22-10-2-4-13-3-1-5-16(21)11-13/h1,3,5-9,11-12H,2,4,10H2,(H,22,24). The highest BCUT2D eigenvalue weighted by Crippen LogP contribution is 2.20. The van der Waals surface area contributed by atoms with E-state index in [9.17, 15) is 13.6 Å². The minimum absolute atomic E-state index is 0.157. The molecule has 6 heteroatoms. The van der Waals surface area contributed by atoms with Gasteiger partial charge in [-0.3, -0.25) is 4.79 Å². The van der Waals surface area contributed by atoms with Crippen LogP contribution >= 0.6 is 0 Å². The average Bonchev–Trinajstić information content (AvgIpc) is 3.09. The lowest BCUT2D eigenvalue weighted by molar-refractivity contribution is 0.0944. The van der Waals surface area contributed by atoms with E-state index >= 15 is 0 Å². The highest BCUT2D eigenvalue weighted by molar-refractivity contribution is 5.93. The number of aromatic nitrogens is 1. The van der Waals surface area contributed by atoms with Crippen LogP contribution < -0.4 is 5.32 Å². The lowest BCUT2D eigenvalue weighted by Gasteiger charge is -2.03. The van der Waals surface area contributed by atoms with Crippen molar-refractivity contribution in [3.05, 3.63) is 77.5 Å². The second-order valence-corrected chi connectivity index (χ2v) is 5.57. The van der Waals surface area contributed by atoms with Crippen molar-refractivity contribution in [2.75, 3.05) is 6.54 Å². The number of carbonyl (C=O) groups is 1. The smallest absolute Gasteiger partial charge is 0.273 e. The van der Waals surface area contributed by atoms with Gasteiger partial charge in [-0.25, -0.2) is 8.78 Å². The number of aryl methyl sites for hydroxylation is 1. The number of halogens is 2. The number of benzene rings is 2. The molecule has 0 aliphatic rings. The summed E-state index contributed by atoms with van der Waals surface area (Å²) in [5.74, 6) is -0.571. The molecule has 0 bridgehead atoms. The molecule has 1 heterocycles. The monoisotopic (exact) mass is 342 g/mol. The molecule has 1 N–H and O–H groups in total. The number of amides is 1. The molecule has 0 saturated carbocycles. The molecule has 1 amide bonds. The van der Waals surface area contributed by atoms with Gasteiger partial charge in [0.2, 0.25) is 0 Å². The molecule has 128 valence electrons. The van der Waals surface area contributed by atoms with E-state index in [-0.39, 0.29) is 23.2 Å². The summed E-state index contributed by atoms with van der Waals surface area (Å²) in [5.41, 5.74) is 1.68. The minimum Gasteiger partial charge on any atom is -0.355 e. The van der Waals surface area contributed by atoms with Crippen LogP contribution in [-0.4, -0.2) is 17.6 Å². The molecule has 0 aliphatic heterocycles. The molecule has 1 aromatic heterocycles. The summed E-state index contributed by atoms with van der Waals surface area (Å²) in [5, 5.41) is 6.48. The van der Waals surface area contributed by atoms with E-state index in [4.69, 9.17) is 4.52 Å². The van der Waals surface area contributed by atoms with Crippen molar-refractivity contribution in [3.8, 4) is 11.3 Å². The maximum Gasteiger partial charge on any atom is 0.273 e. The Morgan fingerprint density at radius 2 is 1.84 bits per heavy atom. The van der Waals surface area contributed by atoms with E-state index in [0.29, 0.717) is 30.7 Å². The summed E-state index contributed by atoms with van der Waals surface area (Å²) in [4.78, 5) is 12.1. The summed E-state index contributed by atoms with van der Waals surface area (Å²) in [6.07, 6.45) is 1.34. The molecule has 3 aromatic rings. The molecule has 0 unspecified atom stereocenters. The molecule has 0 fully saturated rings. The number of hydrogen-bond acceptors (Lipinski definition) is 3. The predicted octanol–water partition coefficient (Wildman–Crippen LogP) is 3.98. The first-order valence-electron chi connectivity index (χ1n) is 7.87. The van der Waals surface area contributed by atoms with Crippen LogP contribution in [0.25, 0.3) is 11.3 Å².